The first-order chi connectivity index (χ1) is 22.4. The molecule has 11 heteroatoms. The van der Waals surface area contributed by atoms with Crippen LogP contribution in [0.5, 0.6) is 0 Å². The average Bonchev–Trinajstić information content (AvgIpc) is 3.72. The van der Waals surface area contributed by atoms with E-state index in [0.717, 1.165) is 57.1 Å². The van der Waals surface area contributed by atoms with E-state index in [2.05, 4.69) is 62.5 Å². The molecule has 272 valence electrons. The summed E-state index contributed by atoms with van der Waals surface area (Å²) in [5.74, 6) is -0.904. The zero-order valence-electron chi connectivity index (χ0n) is 30.8. The molecular weight excluding hydrogens is 627 g/mol. The number of carbonyl (C=O) groups is 5. The lowest BCUT2D eigenvalue weighted by Crippen LogP contribution is -2.63. The summed E-state index contributed by atoms with van der Waals surface area (Å²) >= 11 is 1.84. The first-order valence-electron chi connectivity index (χ1n) is 18.1. The summed E-state index contributed by atoms with van der Waals surface area (Å²) in [5, 5.41) is 11.8. The first-order valence-corrected chi connectivity index (χ1v) is 19.1. The second-order valence-corrected chi connectivity index (χ2v) is 18.7. The van der Waals surface area contributed by atoms with Gasteiger partial charge in [0.1, 0.15) is 12.1 Å². The van der Waals surface area contributed by atoms with Crippen molar-refractivity contribution in [2.75, 3.05) is 18.8 Å². The summed E-state index contributed by atoms with van der Waals surface area (Å²) < 4.78 is 0.0576. The Bertz CT molecular complexity index is 1170. The quantitative estimate of drug-likeness (QED) is 0.135. The third-order valence-corrected chi connectivity index (χ3v) is 11.3. The summed E-state index contributed by atoms with van der Waals surface area (Å²) in [7, 11) is 0. The smallest absolute Gasteiger partial charge is 0.315 e. The second kappa shape index (κ2) is 16.9. The molecule has 2 aliphatic carbocycles. The number of hydrogen-bond donors (Lipinski definition) is 4. The van der Waals surface area contributed by atoms with Gasteiger partial charge < -0.3 is 26.2 Å². The summed E-state index contributed by atoms with van der Waals surface area (Å²) in [6.45, 7) is 20.6. The predicted octanol–water partition coefficient (Wildman–Crippen LogP) is 5.35. The third-order valence-electron chi connectivity index (χ3n) is 9.74. The normalized spacial score (nSPS) is 22.4. The maximum Gasteiger partial charge on any atom is 0.315 e. The highest BCUT2D eigenvalue weighted by molar-refractivity contribution is 8.00. The van der Waals surface area contributed by atoms with Gasteiger partial charge in [-0.2, -0.15) is 11.8 Å². The van der Waals surface area contributed by atoms with E-state index in [1.165, 1.54) is 6.08 Å². The average molecular weight is 690 g/mol. The Labute approximate surface area is 293 Å². The van der Waals surface area contributed by atoms with E-state index in [1.54, 1.807) is 4.90 Å². The zero-order chi connectivity index (χ0) is 35.9. The largest absolute Gasteiger partial charge is 0.346 e. The van der Waals surface area contributed by atoms with Crippen LogP contribution < -0.4 is 21.3 Å². The molecule has 2 saturated carbocycles. The number of thioether (sulfide) groups is 1. The number of ketones is 1. The molecule has 3 rings (SSSR count). The predicted molar refractivity (Wildman–Crippen MR) is 193 cm³/mol. The molecule has 1 saturated heterocycles. The lowest BCUT2D eigenvalue weighted by Gasteiger charge is -2.41. The number of amides is 5. The fourth-order valence-corrected chi connectivity index (χ4v) is 8.08. The SMILES string of the molecule is C=CCNC(=O)C(=O)C(CC1CC1)NC(=O)[C@@H]1[C@@H](CC(C)C)CCN1C(=O)[C@@H](NC(=O)NC1(CSC(C)(C)C)CCCCC1)C(C)(C)C. The molecule has 5 amide bonds. The Kier molecular flexibility index (Phi) is 14.0. The van der Waals surface area contributed by atoms with Crippen LogP contribution in [0.4, 0.5) is 4.79 Å². The second-order valence-electron chi connectivity index (χ2n) is 16.9. The van der Waals surface area contributed by atoms with Crippen molar-refractivity contribution >= 4 is 41.3 Å². The summed E-state index contributed by atoms with van der Waals surface area (Å²) in [4.78, 5) is 69.8. The molecule has 3 fully saturated rings. The van der Waals surface area contributed by atoms with Crippen molar-refractivity contribution in [1.29, 1.82) is 0 Å². The van der Waals surface area contributed by atoms with E-state index >= 15 is 0 Å². The number of nitrogens with one attached hydrogen (secondary N) is 4. The van der Waals surface area contributed by atoms with Gasteiger partial charge in [-0.05, 0) is 55.3 Å². The molecule has 0 spiro atoms. The highest BCUT2D eigenvalue weighted by atomic mass is 32.2. The van der Waals surface area contributed by atoms with Crippen molar-refractivity contribution in [2.45, 2.75) is 148 Å². The van der Waals surface area contributed by atoms with Gasteiger partial charge in [-0.1, -0.05) is 93.6 Å². The fraction of sp³-hybridized carbons (Fsp3) is 0.811. The lowest BCUT2D eigenvalue weighted by atomic mass is 9.83. The molecular formula is C37H63N5O5S. The van der Waals surface area contributed by atoms with Gasteiger partial charge in [0.05, 0.1) is 11.6 Å². The van der Waals surface area contributed by atoms with Crippen molar-refractivity contribution < 1.29 is 24.0 Å². The highest BCUT2D eigenvalue weighted by Crippen LogP contribution is 2.37. The Morgan fingerprint density at radius 2 is 1.58 bits per heavy atom. The van der Waals surface area contributed by atoms with Crippen molar-refractivity contribution in [2.24, 2.45) is 23.2 Å². The molecule has 1 heterocycles. The Balaban J connectivity index is 1.83. The van der Waals surface area contributed by atoms with Crippen LogP contribution in [0.15, 0.2) is 12.7 Å². The van der Waals surface area contributed by atoms with E-state index in [9.17, 15) is 24.0 Å². The van der Waals surface area contributed by atoms with Gasteiger partial charge in [-0.3, -0.25) is 19.2 Å². The minimum Gasteiger partial charge on any atom is -0.346 e. The fourth-order valence-electron chi connectivity index (χ4n) is 7.01. The Hall–Kier alpha value is -2.56. The lowest BCUT2D eigenvalue weighted by molar-refractivity contribution is -0.144. The van der Waals surface area contributed by atoms with Gasteiger partial charge in [0.15, 0.2) is 0 Å². The van der Waals surface area contributed by atoms with Crippen molar-refractivity contribution in [1.82, 2.24) is 26.2 Å². The molecule has 0 radical (unpaired) electrons. The molecule has 48 heavy (non-hydrogen) atoms. The highest BCUT2D eigenvalue weighted by Gasteiger charge is 2.48. The van der Waals surface area contributed by atoms with Crippen LogP contribution in [0.3, 0.4) is 0 Å². The Morgan fingerprint density at radius 3 is 2.12 bits per heavy atom. The summed E-state index contributed by atoms with van der Waals surface area (Å²) in [5.41, 5.74) is -0.982. The van der Waals surface area contributed by atoms with E-state index in [0.29, 0.717) is 19.4 Å². The molecule has 1 aliphatic heterocycles. The number of nitrogens with zero attached hydrogens (tertiary/aromatic N) is 1. The molecule has 0 aromatic rings. The van der Waals surface area contributed by atoms with E-state index in [4.69, 9.17) is 0 Å². The maximum atomic E-state index is 14.5. The summed E-state index contributed by atoms with van der Waals surface area (Å²) in [6, 6.07) is -3.02. The molecule has 10 nitrogen and oxygen atoms in total. The van der Waals surface area contributed by atoms with Crippen LogP contribution in [-0.4, -0.2) is 81.7 Å². The third kappa shape index (κ3) is 11.8. The van der Waals surface area contributed by atoms with Gasteiger partial charge in [0.2, 0.25) is 17.6 Å². The number of Topliss-reactive ketones (excluding diaryl/α,β-unsaturated/α-hetero) is 1. The molecule has 0 aromatic carbocycles. The number of rotatable bonds is 15. The van der Waals surface area contributed by atoms with Gasteiger partial charge >= 0.3 is 6.03 Å². The van der Waals surface area contributed by atoms with E-state index in [-0.39, 0.29) is 46.5 Å². The minimum absolute atomic E-state index is 0.0576. The number of hydrogen-bond acceptors (Lipinski definition) is 6. The van der Waals surface area contributed by atoms with Gasteiger partial charge in [0.25, 0.3) is 5.91 Å². The first kappa shape index (κ1) is 39.9. The van der Waals surface area contributed by atoms with Crippen molar-refractivity contribution in [3.05, 3.63) is 12.7 Å². The van der Waals surface area contributed by atoms with Gasteiger partial charge in [-0.15, -0.1) is 6.58 Å². The molecule has 3 aliphatic rings. The molecule has 1 unspecified atom stereocenters. The van der Waals surface area contributed by atoms with Gasteiger partial charge in [-0.25, -0.2) is 4.79 Å². The van der Waals surface area contributed by atoms with Crippen molar-refractivity contribution in [3.63, 3.8) is 0 Å². The number of likely N-dealkylation sites (tertiary alicyclic amines) is 1. The van der Waals surface area contributed by atoms with Crippen LogP contribution >= 0.6 is 11.8 Å². The Morgan fingerprint density at radius 1 is 0.938 bits per heavy atom. The molecule has 4 N–H and O–H groups in total. The molecule has 0 bridgehead atoms. The van der Waals surface area contributed by atoms with Crippen LogP contribution in [0, 0.1) is 23.2 Å². The minimum atomic E-state index is -0.966. The number of carbonyl (C=O) groups excluding carboxylic acids is 5. The monoisotopic (exact) mass is 689 g/mol. The number of urea groups is 1. The standard InChI is InChI=1S/C37H63N5O5S/c1-10-19-38-32(45)29(43)27(22-25-14-15-25)39-31(44)28-26(21-24(2)3)16-20-42(28)33(46)30(35(4,5)6)40-34(47)41-37(17-12-11-13-18-37)23-48-36(7,8)9/h10,24-28,30H,1,11-23H2,2-9H3,(H,38,45)(H,39,44)(H2,40,41,47)/t26-,27?,28+,30-/m1/s1. The zero-order valence-corrected chi connectivity index (χ0v) is 31.7. The maximum absolute atomic E-state index is 14.5. The summed E-state index contributed by atoms with van der Waals surface area (Å²) in [6.07, 6.45) is 10.2. The van der Waals surface area contributed by atoms with Crippen LogP contribution in [0.1, 0.15) is 120 Å². The van der Waals surface area contributed by atoms with Crippen LogP contribution in [0.25, 0.3) is 0 Å². The molecule has 0 aromatic heterocycles. The van der Waals surface area contributed by atoms with Crippen molar-refractivity contribution in [3.8, 4) is 0 Å². The van der Waals surface area contributed by atoms with Crippen LogP contribution in [-0.2, 0) is 19.2 Å². The van der Waals surface area contributed by atoms with E-state index < -0.39 is 41.1 Å². The molecule has 4 atom stereocenters. The van der Waals surface area contributed by atoms with Crippen LogP contribution in [0.2, 0.25) is 0 Å². The van der Waals surface area contributed by atoms with Gasteiger partial charge in [0, 0.05) is 23.6 Å². The topological polar surface area (TPSA) is 137 Å². The van der Waals surface area contributed by atoms with E-state index in [1.807, 2.05) is 32.5 Å².